The topological polar surface area (TPSA) is 52.0 Å². The molecule has 1 aliphatic rings. The van der Waals surface area contributed by atoms with Gasteiger partial charge in [0, 0.05) is 10.9 Å². The summed E-state index contributed by atoms with van der Waals surface area (Å²) in [5.74, 6) is 0.852. The fourth-order valence-corrected chi connectivity index (χ4v) is 3.86. The third-order valence-electron chi connectivity index (χ3n) is 4.32. The third kappa shape index (κ3) is 2.47. The standard InChI is InChI=1S/C15H20N2OS/c1-2-11-3-6-15(16,7-4-11)14-17-13(10-19-14)12-5-8-18-9-12/h5,8-11H,2-4,6-7,16H2,1H3. The molecule has 102 valence electrons. The molecule has 0 amide bonds. The molecule has 1 aliphatic carbocycles. The lowest BCUT2D eigenvalue weighted by atomic mass is 9.76. The average Bonchev–Trinajstić information content (AvgIpc) is 3.10. The van der Waals surface area contributed by atoms with E-state index in [1.165, 1.54) is 19.3 Å². The van der Waals surface area contributed by atoms with Gasteiger partial charge in [-0.15, -0.1) is 11.3 Å². The van der Waals surface area contributed by atoms with Gasteiger partial charge in [0.25, 0.3) is 0 Å². The second kappa shape index (κ2) is 5.10. The van der Waals surface area contributed by atoms with E-state index in [4.69, 9.17) is 15.1 Å². The molecule has 2 heterocycles. The molecule has 1 fully saturated rings. The van der Waals surface area contributed by atoms with Crippen LogP contribution >= 0.6 is 11.3 Å². The lowest BCUT2D eigenvalue weighted by Crippen LogP contribution is -2.40. The SMILES string of the molecule is CCC1CCC(N)(c2nc(-c3ccoc3)cs2)CC1. The van der Waals surface area contributed by atoms with Gasteiger partial charge in [-0.1, -0.05) is 13.3 Å². The van der Waals surface area contributed by atoms with E-state index in [0.717, 1.165) is 35.0 Å². The molecule has 0 bridgehead atoms. The zero-order chi connectivity index (χ0) is 13.3. The number of hydrogen-bond acceptors (Lipinski definition) is 4. The van der Waals surface area contributed by atoms with Crippen LogP contribution in [-0.2, 0) is 5.54 Å². The summed E-state index contributed by atoms with van der Waals surface area (Å²) in [6.07, 6.45) is 9.26. The second-order valence-electron chi connectivity index (χ2n) is 5.56. The highest BCUT2D eigenvalue weighted by molar-refractivity contribution is 7.10. The van der Waals surface area contributed by atoms with E-state index in [-0.39, 0.29) is 5.54 Å². The first-order chi connectivity index (χ1) is 9.21. The molecule has 19 heavy (non-hydrogen) atoms. The molecular formula is C15H20N2OS. The molecule has 0 unspecified atom stereocenters. The largest absolute Gasteiger partial charge is 0.472 e. The van der Waals surface area contributed by atoms with Crippen molar-refractivity contribution in [2.45, 2.75) is 44.6 Å². The Hall–Kier alpha value is -1.13. The van der Waals surface area contributed by atoms with Crippen molar-refractivity contribution in [3.63, 3.8) is 0 Å². The minimum absolute atomic E-state index is 0.210. The summed E-state index contributed by atoms with van der Waals surface area (Å²) in [5, 5.41) is 3.17. The van der Waals surface area contributed by atoms with Gasteiger partial charge in [0.05, 0.1) is 23.8 Å². The van der Waals surface area contributed by atoms with Gasteiger partial charge in [0.1, 0.15) is 5.01 Å². The van der Waals surface area contributed by atoms with E-state index >= 15 is 0 Å². The summed E-state index contributed by atoms with van der Waals surface area (Å²) in [4.78, 5) is 4.73. The van der Waals surface area contributed by atoms with Gasteiger partial charge in [0.15, 0.2) is 0 Å². The monoisotopic (exact) mass is 276 g/mol. The fourth-order valence-electron chi connectivity index (χ4n) is 2.86. The molecular weight excluding hydrogens is 256 g/mol. The van der Waals surface area contributed by atoms with E-state index in [1.54, 1.807) is 23.9 Å². The maximum absolute atomic E-state index is 6.59. The molecule has 0 atom stereocenters. The van der Waals surface area contributed by atoms with Gasteiger partial charge in [-0.25, -0.2) is 4.98 Å². The highest BCUT2D eigenvalue weighted by Crippen LogP contribution is 2.40. The molecule has 0 spiro atoms. The van der Waals surface area contributed by atoms with Crippen molar-refractivity contribution in [2.75, 3.05) is 0 Å². The van der Waals surface area contributed by atoms with Crippen molar-refractivity contribution in [3.05, 3.63) is 29.0 Å². The van der Waals surface area contributed by atoms with Crippen molar-refractivity contribution in [2.24, 2.45) is 11.7 Å². The number of aromatic nitrogens is 1. The number of nitrogens with two attached hydrogens (primary N) is 1. The van der Waals surface area contributed by atoms with Crippen LogP contribution in [0.25, 0.3) is 11.3 Å². The Bertz CT molecular complexity index is 524. The predicted molar refractivity (Wildman–Crippen MR) is 77.9 cm³/mol. The smallest absolute Gasteiger partial charge is 0.113 e. The molecule has 0 radical (unpaired) electrons. The molecule has 0 saturated heterocycles. The number of furan rings is 1. The van der Waals surface area contributed by atoms with E-state index < -0.39 is 0 Å². The molecule has 0 aliphatic heterocycles. The molecule has 3 rings (SSSR count). The minimum atomic E-state index is -0.210. The Morgan fingerprint density at radius 2 is 2.26 bits per heavy atom. The maximum atomic E-state index is 6.59. The van der Waals surface area contributed by atoms with E-state index in [0.29, 0.717) is 0 Å². The lowest BCUT2D eigenvalue weighted by Gasteiger charge is -2.35. The van der Waals surface area contributed by atoms with Gasteiger partial charge in [-0.2, -0.15) is 0 Å². The van der Waals surface area contributed by atoms with Crippen molar-refractivity contribution < 1.29 is 4.42 Å². The summed E-state index contributed by atoms with van der Waals surface area (Å²) in [6, 6.07) is 1.94. The number of nitrogens with zero attached hydrogens (tertiary/aromatic N) is 1. The van der Waals surface area contributed by atoms with Crippen LogP contribution in [-0.4, -0.2) is 4.98 Å². The van der Waals surface area contributed by atoms with Gasteiger partial charge >= 0.3 is 0 Å². The zero-order valence-electron chi connectivity index (χ0n) is 11.3. The molecule has 2 N–H and O–H groups in total. The number of rotatable bonds is 3. The second-order valence-corrected chi connectivity index (χ2v) is 6.42. The molecule has 0 aromatic carbocycles. The van der Waals surface area contributed by atoms with Crippen LogP contribution in [0.15, 0.2) is 28.4 Å². The van der Waals surface area contributed by atoms with Crippen molar-refractivity contribution >= 4 is 11.3 Å². The highest BCUT2D eigenvalue weighted by Gasteiger charge is 2.35. The van der Waals surface area contributed by atoms with Crippen LogP contribution in [0.1, 0.15) is 44.0 Å². The van der Waals surface area contributed by atoms with E-state index in [1.807, 2.05) is 6.07 Å². The minimum Gasteiger partial charge on any atom is -0.472 e. The Balaban J connectivity index is 1.79. The quantitative estimate of drug-likeness (QED) is 0.916. The Kier molecular flexibility index (Phi) is 3.46. The zero-order valence-corrected chi connectivity index (χ0v) is 12.1. The van der Waals surface area contributed by atoms with Gasteiger partial charge < -0.3 is 10.2 Å². The molecule has 4 heteroatoms. The fraction of sp³-hybridized carbons (Fsp3) is 0.533. The first kappa shape index (κ1) is 12.9. The summed E-state index contributed by atoms with van der Waals surface area (Å²) in [7, 11) is 0. The normalized spacial score (nSPS) is 27.6. The first-order valence-corrected chi connectivity index (χ1v) is 7.87. The number of thiazole rings is 1. The Morgan fingerprint density at radius 3 is 2.89 bits per heavy atom. The van der Waals surface area contributed by atoms with E-state index in [9.17, 15) is 0 Å². The summed E-state index contributed by atoms with van der Waals surface area (Å²) in [6.45, 7) is 2.27. The number of hydrogen-bond donors (Lipinski definition) is 1. The summed E-state index contributed by atoms with van der Waals surface area (Å²) >= 11 is 1.68. The Labute approximate surface area is 117 Å². The molecule has 3 nitrogen and oxygen atoms in total. The first-order valence-electron chi connectivity index (χ1n) is 6.99. The lowest BCUT2D eigenvalue weighted by molar-refractivity contribution is 0.231. The third-order valence-corrected chi connectivity index (χ3v) is 5.38. The molecule has 2 aromatic rings. The van der Waals surface area contributed by atoms with Crippen LogP contribution in [0, 0.1) is 5.92 Å². The predicted octanol–water partition coefficient (Wildman–Crippen LogP) is 4.16. The molecule has 1 saturated carbocycles. The van der Waals surface area contributed by atoms with Gasteiger partial charge in [-0.3, -0.25) is 0 Å². The van der Waals surface area contributed by atoms with Crippen LogP contribution in [0.2, 0.25) is 0 Å². The maximum Gasteiger partial charge on any atom is 0.113 e. The average molecular weight is 276 g/mol. The van der Waals surface area contributed by atoms with Crippen molar-refractivity contribution in [3.8, 4) is 11.3 Å². The summed E-state index contributed by atoms with van der Waals surface area (Å²) in [5.41, 5.74) is 8.40. The van der Waals surface area contributed by atoms with Crippen LogP contribution in [0.4, 0.5) is 0 Å². The molecule has 2 aromatic heterocycles. The summed E-state index contributed by atoms with van der Waals surface area (Å²) < 4.78 is 5.11. The van der Waals surface area contributed by atoms with Crippen LogP contribution in [0.5, 0.6) is 0 Å². The van der Waals surface area contributed by atoms with Gasteiger partial charge in [0.2, 0.25) is 0 Å². The van der Waals surface area contributed by atoms with Crippen molar-refractivity contribution in [1.29, 1.82) is 0 Å². The van der Waals surface area contributed by atoms with Crippen LogP contribution < -0.4 is 5.73 Å². The van der Waals surface area contributed by atoms with Crippen LogP contribution in [0.3, 0.4) is 0 Å². The highest BCUT2D eigenvalue weighted by atomic mass is 32.1. The van der Waals surface area contributed by atoms with Crippen molar-refractivity contribution in [1.82, 2.24) is 4.98 Å². The van der Waals surface area contributed by atoms with Gasteiger partial charge in [-0.05, 0) is 37.7 Å². The van der Waals surface area contributed by atoms with E-state index in [2.05, 4.69) is 12.3 Å². The Morgan fingerprint density at radius 1 is 1.47 bits per heavy atom.